The maximum atomic E-state index is 15.0. The van der Waals surface area contributed by atoms with Crippen molar-refractivity contribution in [3.8, 4) is 11.5 Å². The minimum Gasteiger partial charge on any atom is -0.506 e. The molecule has 0 saturated carbocycles. The van der Waals surface area contributed by atoms with Crippen molar-refractivity contribution in [2.45, 2.75) is 24.6 Å². The third kappa shape index (κ3) is 6.01. The second-order valence-corrected chi connectivity index (χ2v) is 8.08. The number of phenolic OH excluding ortho intramolecular Hbond substituents is 1. The number of ether oxygens (including phenoxy) is 1. The first kappa shape index (κ1) is 31.9. The Morgan fingerprint density at radius 3 is 1.83 bits per heavy atom. The van der Waals surface area contributed by atoms with Crippen LogP contribution in [0.1, 0.15) is 26.3 Å². The molecule has 3 aromatic rings. The van der Waals surface area contributed by atoms with E-state index in [1.54, 1.807) is 0 Å². The van der Waals surface area contributed by atoms with Gasteiger partial charge in [-0.05, 0) is 36.4 Å². The lowest BCUT2D eigenvalue weighted by atomic mass is 9.93. The molecular formula is C24H12F12N2O4. The highest BCUT2D eigenvalue weighted by molar-refractivity contribution is 6.08. The molecule has 0 aromatic heterocycles. The van der Waals surface area contributed by atoms with Gasteiger partial charge in [-0.1, -0.05) is 12.1 Å². The lowest BCUT2D eigenvalue weighted by molar-refractivity contribution is -0.348. The van der Waals surface area contributed by atoms with Crippen LogP contribution in [-0.2, 0) is 5.67 Å². The molecule has 0 aliphatic carbocycles. The van der Waals surface area contributed by atoms with Gasteiger partial charge in [-0.2, -0.15) is 35.1 Å². The Kier molecular flexibility index (Phi) is 8.60. The molecule has 0 unspecified atom stereocenters. The number of halogens is 12. The molecule has 0 atom stereocenters. The summed E-state index contributed by atoms with van der Waals surface area (Å²) in [5.74, 6) is -11.4. The van der Waals surface area contributed by atoms with Gasteiger partial charge in [-0.15, -0.1) is 0 Å². The van der Waals surface area contributed by atoms with Crippen LogP contribution in [0, 0.1) is 17.5 Å². The lowest BCUT2D eigenvalue weighted by Gasteiger charge is -2.31. The van der Waals surface area contributed by atoms with Gasteiger partial charge in [0.25, 0.3) is 11.8 Å². The van der Waals surface area contributed by atoms with Gasteiger partial charge in [0.1, 0.15) is 11.4 Å². The van der Waals surface area contributed by atoms with Crippen molar-refractivity contribution in [2.75, 3.05) is 10.6 Å². The fraction of sp³-hybridized carbons (Fsp3) is 0.167. The Morgan fingerprint density at radius 2 is 1.29 bits per heavy atom. The van der Waals surface area contributed by atoms with E-state index in [2.05, 4.69) is 4.74 Å². The quantitative estimate of drug-likeness (QED) is 0.193. The Labute approximate surface area is 225 Å². The van der Waals surface area contributed by atoms with Gasteiger partial charge in [-0.3, -0.25) is 9.59 Å². The van der Waals surface area contributed by atoms with Crippen LogP contribution in [0.15, 0.2) is 48.5 Å². The molecule has 0 spiro atoms. The van der Waals surface area contributed by atoms with E-state index in [0.717, 1.165) is 24.3 Å². The van der Waals surface area contributed by atoms with Gasteiger partial charge in [-0.25, -0.2) is 17.6 Å². The van der Waals surface area contributed by atoms with Crippen LogP contribution < -0.4 is 15.4 Å². The number of phenols is 1. The number of amides is 2. The van der Waals surface area contributed by atoms with Crippen LogP contribution in [-0.4, -0.2) is 35.9 Å². The van der Waals surface area contributed by atoms with Crippen LogP contribution >= 0.6 is 0 Å². The van der Waals surface area contributed by atoms with Crippen molar-refractivity contribution in [2.24, 2.45) is 0 Å². The van der Waals surface area contributed by atoms with Crippen molar-refractivity contribution in [1.82, 2.24) is 0 Å². The molecule has 0 aliphatic rings. The molecule has 0 heterocycles. The molecule has 0 fully saturated rings. The zero-order valence-electron chi connectivity index (χ0n) is 19.9. The monoisotopic (exact) mass is 620 g/mol. The third-order valence-electron chi connectivity index (χ3n) is 5.40. The van der Waals surface area contributed by atoms with E-state index in [9.17, 15) is 63.0 Å². The predicted molar refractivity (Wildman–Crippen MR) is 118 cm³/mol. The number of carbonyl (C=O) groups excluding carboxylic acids is 2. The summed E-state index contributed by atoms with van der Waals surface area (Å²) in [6.45, 7) is -4.00. The first-order valence-electron chi connectivity index (χ1n) is 10.8. The summed E-state index contributed by atoms with van der Waals surface area (Å²) in [5.41, 5.74) is -12.9. The van der Waals surface area contributed by atoms with Gasteiger partial charge in [0.2, 0.25) is 0 Å². The number of benzene rings is 3. The fourth-order valence-corrected chi connectivity index (χ4v) is 3.46. The van der Waals surface area contributed by atoms with Crippen molar-refractivity contribution in [3.05, 3.63) is 82.7 Å². The highest BCUT2D eigenvalue weighted by atomic mass is 19.4. The van der Waals surface area contributed by atoms with E-state index in [0.29, 0.717) is 12.1 Å². The van der Waals surface area contributed by atoms with Crippen molar-refractivity contribution in [1.29, 1.82) is 0 Å². The maximum absolute atomic E-state index is 15.0. The van der Waals surface area contributed by atoms with E-state index in [-0.39, 0.29) is 0 Å². The lowest BCUT2D eigenvalue weighted by Crippen LogP contribution is -2.50. The summed E-state index contributed by atoms with van der Waals surface area (Å²) in [7, 11) is 0. The number of anilines is 2. The van der Waals surface area contributed by atoms with Gasteiger partial charge in [0, 0.05) is 5.56 Å². The Balaban J connectivity index is 2.02. The van der Waals surface area contributed by atoms with Crippen molar-refractivity contribution < 1.29 is 72.1 Å². The molecule has 2 amide bonds. The average molecular weight is 620 g/mol. The number of alkyl halides is 9. The number of hydrogen-bond acceptors (Lipinski definition) is 4. The van der Waals surface area contributed by atoms with Crippen LogP contribution in [0.2, 0.25) is 0 Å². The van der Waals surface area contributed by atoms with E-state index in [4.69, 9.17) is 0 Å². The highest BCUT2D eigenvalue weighted by Gasteiger charge is 2.73. The smallest absolute Gasteiger partial charge is 0.435 e. The van der Waals surface area contributed by atoms with E-state index >= 15 is 4.39 Å². The van der Waals surface area contributed by atoms with Crippen molar-refractivity contribution in [3.63, 3.8) is 0 Å². The normalized spacial score (nSPS) is 12.3. The molecule has 0 aliphatic heterocycles. The number of aromatic hydroxyl groups is 1. The first-order valence-corrected chi connectivity index (χ1v) is 10.8. The number of rotatable bonds is 7. The minimum atomic E-state index is -6.72. The third-order valence-corrected chi connectivity index (χ3v) is 5.40. The minimum absolute atomic E-state index is 0.477. The molecular weight excluding hydrogens is 608 g/mol. The van der Waals surface area contributed by atoms with Crippen molar-refractivity contribution >= 4 is 23.2 Å². The first-order chi connectivity index (χ1) is 19.3. The van der Waals surface area contributed by atoms with Gasteiger partial charge >= 0.3 is 24.6 Å². The Bertz CT molecular complexity index is 1510. The predicted octanol–water partition coefficient (Wildman–Crippen LogP) is 7.20. The standard InChI is InChI=1S/C24H12F12N2O4/c25-12-5-1-3-10(16(12)26)19(40)37-13-6-2-4-11(17(13)27)20(41)38-18-14(39)7-9(8-15(18)42-21(28)29)22(30,23(31,32)33)24(34,35)36/h1-8,21,39H,(H,37,40)(H,38,41). The second kappa shape index (κ2) is 11.3. The molecule has 3 aromatic carbocycles. The molecule has 3 rings (SSSR count). The topological polar surface area (TPSA) is 87.7 Å². The molecule has 0 radical (unpaired) electrons. The Hall–Kier alpha value is -4.64. The number of nitrogens with one attached hydrogen (secondary N) is 2. The second-order valence-electron chi connectivity index (χ2n) is 8.08. The van der Waals surface area contributed by atoms with Crippen LogP contribution in [0.5, 0.6) is 11.5 Å². The zero-order valence-corrected chi connectivity index (χ0v) is 19.9. The van der Waals surface area contributed by atoms with Gasteiger partial charge < -0.3 is 20.5 Å². The maximum Gasteiger partial charge on any atom is 0.435 e. The zero-order chi connectivity index (χ0) is 31.8. The van der Waals surface area contributed by atoms with Crippen LogP contribution in [0.4, 0.5) is 64.1 Å². The fourth-order valence-electron chi connectivity index (χ4n) is 3.46. The van der Waals surface area contributed by atoms with Gasteiger partial charge in [0.05, 0.1) is 16.8 Å². The molecule has 6 nitrogen and oxygen atoms in total. The van der Waals surface area contributed by atoms with Crippen LogP contribution in [0.3, 0.4) is 0 Å². The molecule has 18 heteroatoms. The SMILES string of the molecule is O=C(Nc1cccc(C(=O)Nc2c(O)cc(C(F)(C(F)(F)F)C(F)(F)F)cc2OC(F)F)c1F)c1cccc(F)c1F. The van der Waals surface area contributed by atoms with E-state index in [1.807, 2.05) is 5.32 Å². The summed E-state index contributed by atoms with van der Waals surface area (Å²) in [5, 5.41) is 13.4. The van der Waals surface area contributed by atoms with E-state index in [1.165, 1.54) is 5.32 Å². The Morgan fingerprint density at radius 1 is 0.762 bits per heavy atom. The molecule has 226 valence electrons. The summed E-state index contributed by atoms with van der Waals surface area (Å²) in [4.78, 5) is 24.9. The molecule has 42 heavy (non-hydrogen) atoms. The number of carbonyl (C=O) groups is 2. The summed E-state index contributed by atoms with van der Waals surface area (Å²) in [6, 6.07) is 3.86. The highest BCUT2D eigenvalue weighted by Crippen LogP contribution is 2.55. The summed E-state index contributed by atoms with van der Waals surface area (Å²) >= 11 is 0. The molecule has 0 bridgehead atoms. The largest absolute Gasteiger partial charge is 0.506 e. The van der Waals surface area contributed by atoms with Crippen LogP contribution in [0.25, 0.3) is 0 Å². The molecule has 0 saturated heterocycles. The average Bonchev–Trinajstić information content (AvgIpc) is 2.86. The summed E-state index contributed by atoms with van der Waals surface area (Å²) in [6.07, 6.45) is -13.4. The van der Waals surface area contributed by atoms with E-state index < -0.39 is 106 Å². The number of hydrogen-bond donors (Lipinski definition) is 3. The van der Waals surface area contributed by atoms with Gasteiger partial charge in [0.15, 0.2) is 23.2 Å². The summed E-state index contributed by atoms with van der Waals surface area (Å²) < 4.78 is 165. The molecule has 3 N–H and O–H groups in total.